The van der Waals surface area contributed by atoms with E-state index in [1.807, 2.05) is 30.3 Å². The molecule has 1 aromatic carbocycles. The molecule has 1 unspecified atom stereocenters. The first-order valence-electron chi connectivity index (χ1n) is 7.33. The van der Waals surface area contributed by atoms with Gasteiger partial charge in [0.15, 0.2) is 0 Å². The monoisotopic (exact) mass is 274 g/mol. The van der Waals surface area contributed by atoms with Crippen LogP contribution >= 0.6 is 0 Å². The number of rotatable bonds is 4. The fourth-order valence-corrected chi connectivity index (χ4v) is 2.37. The van der Waals surface area contributed by atoms with Crippen LogP contribution in [0.1, 0.15) is 43.2 Å². The molecule has 0 amide bonds. The van der Waals surface area contributed by atoms with Gasteiger partial charge in [-0.25, -0.2) is 0 Å². The van der Waals surface area contributed by atoms with Crippen LogP contribution in [0.15, 0.2) is 36.4 Å². The third-order valence-electron chi connectivity index (χ3n) is 3.55. The molecule has 1 atom stereocenters. The van der Waals surface area contributed by atoms with Gasteiger partial charge < -0.3 is 9.84 Å². The Morgan fingerprint density at radius 3 is 2.65 bits per heavy atom. The summed E-state index contributed by atoms with van der Waals surface area (Å²) in [6.45, 7) is 0.0254. The van der Waals surface area contributed by atoms with Crippen molar-refractivity contribution in [2.45, 2.75) is 51.2 Å². The van der Waals surface area contributed by atoms with E-state index >= 15 is 0 Å². The molecular weight excluding hydrogens is 252 g/mol. The number of ether oxygens (including phenoxy) is 1. The van der Waals surface area contributed by atoms with Gasteiger partial charge in [-0.05, 0) is 42.9 Å². The third kappa shape index (κ3) is 4.82. The first-order valence-corrected chi connectivity index (χ1v) is 7.33. The summed E-state index contributed by atoms with van der Waals surface area (Å²) in [4.78, 5) is 11.9. The minimum absolute atomic E-state index is 0.0254. The summed E-state index contributed by atoms with van der Waals surface area (Å²) in [5.74, 6) is -0.183. The Bertz CT molecular complexity index is 448. The molecule has 0 aromatic heterocycles. The third-order valence-corrected chi connectivity index (χ3v) is 3.55. The zero-order chi connectivity index (χ0) is 14.2. The van der Waals surface area contributed by atoms with Crippen LogP contribution in [0.25, 0.3) is 0 Å². The van der Waals surface area contributed by atoms with Crippen LogP contribution in [0.2, 0.25) is 0 Å². The fourth-order valence-electron chi connectivity index (χ4n) is 2.37. The first-order chi connectivity index (χ1) is 9.78. The van der Waals surface area contributed by atoms with E-state index in [1.54, 1.807) is 0 Å². The number of aliphatic hydroxyl groups excluding tert-OH is 1. The lowest BCUT2D eigenvalue weighted by Crippen LogP contribution is -2.18. The van der Waals surface area contributed by atoms with E-state index in [0.717, 1.165) is 30.4 Å². The molecule has 3 heteroatoms. The van der Waals surface area contributed by atoms with Crippen molar-refractivity contribution >= 4 is 5.97 Å². The number of carbonyl (C=O) groups is 1. The van der Waals surface area contributed by atoms with E-state index in [9.17, 15) is 4.79 Å². The maximum atomic E-state index is 11.9. The van der Waals surface area contributed by atoms with Gasteiger partial charge in [-0.15, -0.1) is 0 Å². The minimum atomic E-state index is -0.183. The number of carbonyl (C=O) groups excluding carboxylic acids is 1. The molecule has 0 radical (unpaired) electrons. The lowest BCUT2D eigenvalue weighted by Gasteiger charge is -2.16. The van der Waals surface area contributed by atoms with E-state index in [4.69, 9.17) is 9.84 Å². The molecule has 0 fully saturated rings. The fraction of sp³-hybridized carbons (Fsp3) is 0.471. The van der Waals surface area contributed by atoms with Gasteiger partial charge in [0.25, 0.3) is 0 Å². The topological polar surface area (TPSA) is 46.5 Å². The lowest BCUT2D eigenvalue weighted by molar-refractivity contribution is -0.146. The van der Waals surface area contributed by atoms with Gasteiger partial charge in [-0.1, -0.05) is 36.8 Å². The van der Waals surface area contributed by atoms with Crippen LogP contribution in [-0.4, -0.2) is 17.2 Å². The molecule has 3 nitrogen and oxygen atoms in total. The van der Waals surface area contributed by atoms with Crippen molar-refractivity contribution in [3.05, 3.63) is 47.5 Å². The Hall–Kier alpha value is -1.61. The number of aliphatic hydroxyl groups is 1. The number of esters is 1. The summed E-state index contributed by atoms with van der Waals surface area (Å²) >= 11 is 0. The molecule has 0 spiro atoms. The number of allylic oxidation sites excluding steroid dienone is 1. The predicted molar refractivity (Wildman–Crippen MR) is 78.2 cm³/mol. The van der Waals surface area contributed by atoms with Crippen molar-refractivity contribution in [2.75, 3.05) is 0 Å². The normalized spacial score (nSPS) is 20.8. The van der Waals surface area contributed by atoms with Gasteiger partial charge in [0.05, 0.1) is 13.0 Å². The first kappa shape index (κ1) is 14.8. The molecule has 20 heavy (non-hydrogen) atoms. The Morgan fingerprint density at radius 1 is 1.15 bits per heavy atom. The molecule has 1 aliphatic rings. The van der Waals surface area contributed by atoms with Gasteiger partial charge in [-0.2, -0.15) is 0 Å². The average Bonchev–Trinajstić information content (AvgIpc) is 2.42. The smallest absolute Gasteiger partial charge is 0.310 e. The zero-order valence-electron chi connectivity index (χ0n) is 11.8. The van der Waals surface area contributed by atoms with Crippen LogP contribution < -0.4 is 0 Å². The van der Waals surface area contributed by atoms with Crippen molar-refractivity contribution in [1.29, 1.82) is 0 Å². The standard InChI is InChI=1S/C17H22O3/c18-13-15-10-8-14(9-11-15)12-17(19)20-16-6-4-2-1-3-5-7-16/h4,6,8-11,16,18H,1-3,5,7,12-13H2/b6-4+. The molecule has 0 bridgehead atoms. The molecule has 2 rings (SSSR count). The van der Waals surface area contributed by atoms with Crippen molar-refractivity contribution in [3.8, 4) is 0 Å². The maximum Gasteiger partial charge on any atom is 0.310 e. The second kappa shape index (κ2) is 7.85. The minimum Gasteiger partial charge on any atom is -0.458 e. The quantitative estimate of drug-likeness (QED) is 0.677. The largest absolute Gasteiger partial charge is 0.458 e. The van der Waals surface area contributed by atoms with Gasteiger partial charge >= 0.3 is 5.97 Å². The van der Waals surface area contributed by atoms with Gasteiger partial charge in [-0.3, -0.25) is 4.79 Å². The van der Waals surface area contributed by atoms with E-state index in [1.165, 1.54) is 12.8 Å². The predicted octanol–water partition coefficient (Wildman–Crippen LogP) is 3.15. The molecule has 1 aliphatic carbocycles. The highest BCUT2D eigenvalue weighted by Crippen LogP contribution is 2.15. The highest BCUT2D eigenvalue weighted by atomic mass is 16.5. The van der Waals surface area contributed by atoms with Gasteiger partial charge in [0, 0.05) is 0 Å². The van der Waals surface area contributed by atoms with E-state index < -0.39 is 0 Å². The molecule has 1 aromatic rings. The number of hydrogen-bond acceptors (Lipinski definition) is 3. The van der Waals surface area contributed by atoms with Crippen molar-refractivity contribution in [1.82, 2.24) is 0 Å². The SMILES string of the molecule is O=C(Cc1ccc(CO)cc1)OC1/C=C/CCCCC1. The van der Waals surface area contributed by atoms with Crippen molar-refractivity contribution < 1.29 is 14.6 Å². The summed E-state index contributed by atoms with van der Waals surface area (Å²) < 4.78 is 5.51. The number of benzene rings is 1. The van der Waals surface area contributed by atoms with Crippen LogP contribution in [-0.2, 0) is 22.6 Å². The lowest BCUT2D eigenvalue weighted by atomic mass is 10.0. The molecule has 0 saturated heterocycles. The second-order valence-corrected chi connectivity index (χ2v) is 5.25. The summed E-state index contributed by atoms with van der Waals surface area (Å²) in [5.41, 5.74) is 1.77. The highest BCUT2D eigenvalue weighted by molar-refractivity contribution is 5.72. The summed E-state index contributed by atoms with van der Waals surface area (Å²) in [6.07, 6.45) is 9.92. The molecule has 0 saturated carbocycles. The van der Waals surface area contributed by atoms with Gasteiger partial charge in [0.1, 0.15) is 6.10 Å². The van der Waals surface area contributed by atoms with Crippen LogP contribution in [0.4, 0.5) is 0 Å². The summed E-state index contributed by atoms with van der Waals surface area (Å²) in [6, 6.07) is 7.39. The molecular formula is C17H22O3. The van der Waals surface area contributed by atoms with Gasteiger partial charge in [0.2, 0.25) is 0 Å². The maximum absolute atomic E-state index is 11.9. The Morgan fingerprint density at radius 2 is 1.90 bits per heavy atom. The van der Waals surface area contributed by atoms with Crippen LogP contribution in [0, 0.1) is 0 Å². The summed E-state index contributed by atoms with van der Waals surface area (Å²) in [5, 5.41) is 8.98. The Balaban J connectivity index is 1.85. The second-order valence-electron chi connectivity index (χ2n) is 5.25. The molecule has 0 heterocycles. The van der Waals surface area contributed by atoms with E-state index in [0.29, 0.717) is 0 Å². The molecule has 108 valence electrons. The van der Waals surface area contributed by atoms with E-state index in [-0.39, 0.29) is 25.1 Å². The van der Waals surface area contributed by atoms with Crippen LogP contribution in [0.3, 0.4) is 0 Å². The summed E-state index contributed by atoms with van der Waals surface area (Å²) in [7, 11) is 0. The van der Waals surface area contributed by atoms with Crippen molar-refractivity contribution in [2.24, 2.45) is 0 Å². The Kier molecular flexibility index (Phi) is 5.81. The van der Waals surface area contributed by atoms with Crippen molar-refractivity contribution in [3.63, 3.8) is 0 Å². The average molecular weight is 274 g/mol. The molecule has 0 aliphatic heterocycles. The van der Waals surface area contributed by atoms with Crippen LogP contribution in [0.5, 0.6) is 0 Å². The zero-order valence-corrected chi connectivity index (χ0v) is 11.8. The highest BCUT2D eigenvalue weighted by Gasteiger charge is 2.13. The number of hydrogen-bond donors (Lipinski definition) is 1. The van der Waals surface area contributed by atoms with E-state index in [2.05, 4.69) is 6.08 Å². The Labute approximate surface area is 120 Å². The molecule has 1 N–H and O–H groups in total.